The van der Waals surface area contributed by atoms with Crippen LogP contribution in [0.3, 0.4) is 0 Å². The summed E-state index contributed by atoms with van der Waals surface area (Å²) in [6.07, 6.45) is 0. The van der Waals surface area contributed by atoms with E-state index < -0.39 is 8.07 Å². The lowest BCUT2D eigenvalue weighted by molar-refractivity contribution is 0.557. The molecule has 0 aromatic heterocycles. The molecule has 1 N–H and O–H groups in total. The fourth-order valence-electron chi connectivity index (χ4n) is 4.58. The third-order valence-electron chi connectivity index (χ3n) is 5.69. The summed E-state index contributed by atoms with van der Waals surface area (Å²) in [4.78, 5) is 0. The zero-order chi connectivity index (χ0) is 16.2. The Morgan fingerprint density at radius 2 is 1.15 bits per heavy atom. The Morgan fingerprint density at radius 1 is 0.800 bits per heavy atom. The maximum absolute atomic E-state index is 3.97. The van der Waals surface area contributed by atoms with Crippen LogP contribution in [0.4, 0.5) is 0 Å². The van der Waals surface area contributed by atoms with Gasteiger partial charge in [0, 0.05) is 16.3 Å². The first-order valence-electron chi connectivity index (χ1n) is 8.39. The summed E-state index contributed by atoms with van der Waals surface area (Å²) in [7, 11) is -0.215. The first kappa shape index (κ1) is 20.1. The molecule has 0 rings (SSSR count). The lowest BCUT2D eigenvalue weighted by atomic mass is 10.1. The van der Waals surface area contributed by atoms with E-state index >= 15 is 0 Å². The minimum Gasteiger partial charge on any atom is -0.311 e. The largest absolute Gasteiger partial charge is 0.311 e. The Kier molecular flexibility index (Phi) is 8.00. The molecule has 0 aromatic rings. The molecule has 120 valence electrons. The summed E-state index contributed by atoms with van der Waals surface area (Å²) in [5, 5.41) is 5.56. The fraction of sp³-hybridized carbons (Fsp3) is 0.882. The van der Waals surface area contributed by atoms with Gasteiger partial charge >= 0.3 is 0 Å². The highest BCUT2D eigenvalue weighted by molar-refractivity contribution is 6.84. The lowest BCUT2D eigenvalue weighted by Gasteiger charge is -2.49. The maximum atomic E-state index is 3.97. The maximum Gasteiger partial charge on any atom is 0.0798 e. The third kappa shape index (κ3) is 4.08. The van der Waals surface area contributed by atoms with Crippen molar-refractivity contribution in [1.29, 1.82) is 0 Å². The zero-order valence-electron chi connectivity index (χ0n) is 15.9. The molecule has 1 nitrogen and oxygen atoms in total. The van der Waals surface area contributed by atoms with Crippen LogP contribution < -0.4 is 5.32 Å². The molecule has 2 unspecified atom stereocenters. The second kappa shape index (κ2) is 7.95. The highest BCUT2D eigenvalue weighted by Crippen LogP contribution is 2.43. The molecular formula is C17H39NSi2. The van der Waals surface area contributed by atoms with Gasteiger partial charge in [0.05, 0.1) is 8.07 Å². The van der Waals surface area contributed by atoms with Crippen molar-refractivity contribution in [2.24, 2.45) is 0 Å². The minimum atomic E-state index is -1.40. The summed E-state index contributed by atoms with van der Waals surface area (Å²) < 4.78 is 0. The van der Waals surface area contributed by atoms with Crippen molar-refractivity contribution >= 4 is 18.3 Å². The molecule has 0 radical (unpaired) electrons. The standard InChI is InChI=1S/C17H39NSi2/c1-11(2)20(12(3)4,13(5)6)17(10)18-15(8)14(7)16(9)19/h11-13,15,17-18H,1-10,19H3. The minimum absolute atomic E-state index is 0.519. The number of allylic oxidation sites excluding steroid dienone is 1. The molecule has 0 heterocycles. The highest BCUT2D eigenvalue weighted by Gasteiger charge is 2.47. The first-order chi connectivity index (χ1) is 8.99. The van der Waals surface area contributed by atoms with E-state index in [9.17, 15) is 0 Å². The molecule has 0 amide bonds. The molecule has 0 aliphatic rings. The van der Waals surface area contributed by atoms with Crippen LogP contribution in [0, 0.1) is 0 Å². The van der Waals surface area contributed by atoms with Crippen molar-refractivity contribution in [1.82, 2.24) is 5.32 Å². The predicted molar refractivity (Wildman–Crippen MR) is 101 cm³/mol. The van der Waals surface area contributed by atoms with Crippen molar-refractivity contribution in [2.75, 3.05) is 0 Å². The fourth-order valence-corrected chi connectivity index (χ4v) is 12.5. The Labute approximate surface area is 132 Å². The summed E-state index contributed by atoms with van der Waals surface area (Å²) >= 11 is 0. The first-order valence-corrected chi connectivity index (χ1v) is 11.7. The topological polar surface area (TPSA) is 12.0 Å². The van der Waals surface area contributed by atoms with E-state index in [1.54, 1.807) is 10.8 Å². The van der Waals surface area contributed by atoms with Gasteiger partial charge in [-0.1, -0.05) is 59.2 Å². The summed E-state index contributed by atoms with van der Waals surface area (Å²) in [5.74, 6) is 0. The molecule has 20 heavy (non-hydrogen) atoms. The second-order valence-electron chi connectivity index (χ2n) is 7.76. The van der Waals surface area contributed by atoms with Crippen molar-refractivity contribution < 1.29 is 0 Å². The van der Waals surface area contributed by atoms with E-state index in [1.165, 1.54) is 10.2 Å². The van der Waals surface area contributed by atoms with Crippen LogP contribution in [0.25, 0.3) is 0 Å². The molecule has 0 spiro atoms. The molecule has 0 fully saturated rings. The molecular weight excluding hydrogens is 274 g/mol. The quantitative estimate of drug-likeness (QED) is 0.694. The summed E-state index contributed by atoms with van der Waals surface area (Å²) in [5.41, 5.74) is 4.67. The number of hydrogen-bond acceptors (Lipinski definition) is 1. The number of nitrogens with one attached hydrogen (secondary N) is 1. The number of rotatable bonds is 7. The Balaban J connectivity index is 5.38. The van der Waals surface area contributed by atoms with Crippen LogP contribution in [0.2, 0.25) is 16.6 Å². The van der Waals surface area contributed by atoms with Crippen LogP contribution in [0.5, 0.6) is 0 Å². The van der Waals surface area contributed by atoms with Crippen LogP contribution in [-0.2, 0) is 0 Å². The highest BCUT2D eigenvalue weighted by atomic mass is 28.3. The molecule has 0 aliphatic carbocycles. The summed E-state index contributed by atoms with van der Waals surface area (Å²) in [6.45, 7) is 24.1. The van der Waals surface area contributed by atoms with Crippen LogP contribution >= 0.6 is 0 Å². The van der Waals surface area contributed by atoms with Gasteiger partial charge in [0.2, 0.25) is 0 Å². The van der Waals surface area contributed by atoms with Gasteiger partial charge in [0.15, 0.2) is 0 Å². The Bertz CT molecular complexity index is 306. The smallest absolute Gasteiger partial charge is 0.0798 e. The van der Waals surface area contributed by atoms with Gasteiger partial charge in [-0.05, 0) is 43.1 Å². The third-order valence-corrected chi connectivity index (χ3v) is 14.1. The van der Waals surface area contributed by atoms with Crippen LogP contribution in [0.15, 0.2) is 10.8 Å². The number of hydrogen-bond donors (Lipinski definition) is 1. The SMILES string of the molecule is CC([SiH3])=C(C)C(C)NC(C)[Si](C(C)C)(C(C)C)C(C)C. The second-order valence-corrected chi connectivity index (χ2v) is 15.6. The predicted octanol–water partition coefficient (Wildman–Crippen LogP) is 4.23. The molecule has 0 aromatic carbocycles. The van der Waals surface area contributed by atoms with Gasteiger partial charge in [-0.2, -0.15) is 0 Å². The van der Waals surface area contributed by atoms with Gasteiger partial charge in [-0.25, -0.2) is 0 Å². The molecule has 0 bridgehead atoms. The van der Waals surface area contributed by atoms with Gasteiger partial charge < -0.3 is 5.32 Å². The normalized spacial score (nSPS) is 17.9. The van der Waals surface area contributed by atoms with E-state index in [4.69, 9.17) is 0 Å². The molecule has 2 atom stereocenters. The summed E-state index contributed by atoms with van der Waals surface area (Å²) in [6, 6.07) is 0.519. The Hall–Kier alpha value is 0.134. The van der Waals surface area contributed by atoms with Crippen molar-refractivity contribution in [2.45, 2.75) is 97.6 Å². The molecule has 3 heteroatoms. The van der Waals surface area contributed by atoms with Gasteiger partial charge in [-0.3, -0.25) is 0 Å². The van der Waals surface area contributed by atoms with Gasteiger partial charge in [0.25, 0.3) is 0 Å². The molecule has 0 saturated carbocycles. The van der Waals surface area contributed by atoms with Crippen molar-refractivity contribution in [3.63, 3.8) is 0 Å². The van der Waals surface area contributed by atoms with Gasteiger partial charge in [-0.15, -0.1) is 0 Å². The van der Waals surface area contributed by atoms with Crippen LogP contribution in [0.1, 0.15) is 69.2 Å². The average Bonchev–Trinajstić information content (AvgIpc) is 2.26. The van der Waals surface area contributed by atoms with Crippen molar-refractivity contribution in [3.05, 3.63) is 10.8 Å². The Morgan fingerprint density at radius 3 is 1.40 bits per heavy atom. The van der Waals surface area contributed by atoms with Crippen molar-refractivity contribution in [3.8, 4) is 0 Å². The molecule has 0 saturated heterocycles. The van der Waals surface area contributed by atoms with E-state index in [-0.39, 0.29) is 0 Å². The van der Waals surface area contributed by atoms with E-state index in [1.807, 2.05) is 0 Å². The molecule has 0 aliphatic heterocycles. The van der Waals surface area contributed by atoms with E-state index in [2.05, 4.69) is 74.6 Å². The lowest BCUT2D eigenvalue weighted by Crippen LogP contribution is -2.61. The zero-order valence-corrected chi connectivity index (χ0v) is 18.9. The van der Waals surface area contributed by atoms with E-state index in [0.29, 0.717) is 11.7 Å². The van der Waals surface area contributed by atoms with Gasteiger partial charge in [0.1, 0.15) is 0 Å². The van der Waals surface area contributed by atoms with E-state index in [0.717, 1.165) is 16.6 Å². The monoisotopic (exact) mass is 313 g/mol. The van der Waals surface area contributed by atoms with Crippen LogP contribution in [-0.4, -0.2) is 30.0 Å². The average molecular weight is 314 g/mol.